The lowest BCUT2D eigenvalue weighted by Crippen LogP contribution is -1.99. The summed E-state index contributed by atoms with van der Waals surface area (Å²) in [4.78, 5) is 8.95. The molecule has 5 heteroatoms. The lowest BCUT2D eigenvalue weighted by atomic mass is 10.3. The maximum atomic E-state index is 5.96. The topological polar surface area (TPSA) is 34.5 Å². The molecule has 2 rings (SSSR count). The lowest BCUT2D eigenvalue weighted by molar-refractivity contribution is 0.339. The zero-order valence-electron chi connectivity index (χ0n) is 11.3. The summed E-state index contributed by atoms with van der Waals surface area (Å²) in [5, 5.41) is 1.52. The van der Waals surface area contributed by atoms with Crippen LogP contribution in [0.3, 0.4) is 0 Å². The maximum Gasteiger partial charge on any atom is 0.137 e. The first-order chi connectivity index (χ1) is 9.72. The van der Waals surface area contributed by atoms with Crippen LogP contribution in [-0.2, 0) is 0 Å². The highest BCUT2D eigenvalue weighted by atomic mass is 35.5. The van der Waals surface area contributed by atoms with Gasteiger partial charge in [0, 0.05) is 5.02 Å². The summed E-state index contributed by atoms with van der Waals surface area (Å²) in [5.41, 5.74) is 1.64. The minimum atomic E-state index is 0.632. The molecule has 1 aromatic heterocycles. The largest absolute Gasteiger partial charge is 0.492 e. The molecule has 0 saturated heterocycles. The Bertz CT molecular complexity index is 599. The van der Waals surface area contributed by atoms with Crippen LogP contribution in [0.15, 0.2) is 47.6 Å². The van der Waals surface area contributed by atoms with Gasteiger partial charge in [0.25, 0.3) is 0 Å². The van der Waals surface area contributed by atoms with Gasteiger partial charge in [0.1, 0.15) is 10.8 Å². The second kappa shape index (κ2) is 7.31. The van der Waals surface area contributed by atoms with Gasteiger partial charge in [-0.2, -0.15) is 0 Å². The minimum Gasteiger partial charge on any atom is -0.492 e. The third-order valence-electron chi connectivity index (χ3n) is 2.50. The van der Waals surface area contributed by atoms with Crippen LogP contribution in [0.5, 0.6) is 5.75 Å². The molecule has 1 aromatic carbocycles. The molecule has 0 bridgehead atoms. The number of halogens is 1. The van der Waals surface area contributed by atoms with Crippen molar-refractivity contribution in [2.24, 2.45) is 4.99 Å². The number of hydrogen-bond acceptors (Lipinski definition) is 4. The Labute approximate surface area is 128 Å². The molecule has 0 N–H and O–H groups in total. The third-order valence-corrected chi connectivity index (χ3v) is 3.42. The summed E-state index contributed by atoms with van der Waals surface area (Å²) in [6, 6.07) is 11.3. The predicted molar refractivity (Wildman–Crippen MR) is 86.6 cm³/mol. The Hall–Kier alpha value is -1.52. The Morgan fingerprint density at radius 3 is 2.80 bits per heavy atom. The molecule has 0 unspecified atom stereocenters. The third kappa shape index (κ3) is 3.99. The molecule has 0 fully saturated rings. The van der Waals surface area contributed by atoms with Crippen molar-refractivity contribution in [2.75, 3.05) is 12.9 Å². The van der Waals surface area contributed by atoms with Crippen molar-refractivity contribution in [3.63, 3.8) is 0 Å². The maximum absolute atomic E-state index is 5.96. The summed E-state index contributed by atoms with van der Waals surface area (Å²) in [7, 11) is 0. The van der Waals surface area contributed by atoms with E-state index < -0.39 is 0 Å². The average molecular weight is 307 g/mol. The SMILES string of the molecule is CCOc1ccc(/C(=N/c2cccc(Cl)c2)SC)nc1. The normalized spacial score (nSPS) is 11.4. The second-order valence-electron chi connectivity index (χ2n) is 3.91. The molecule has 0 aliphatic carbocycles. The predicted octanol–water partition coefficient (Wildman–Crippen LogP) is 4.58. The monoisotopic (exact) mass is 306 g/mol. The van der Waals surface area contributed by atoms with E-state index in [1.165, 1.54) is 0 Å². The van der Waals surface area contributed by atoms with E-state index >= 15 is 0 Å². The number of aliphatic imine (C=N–C) groups is 1. The quantitative estimate of drug-likeness (QED) is 0.613. The minimum absolute atomic E-state index is 0.632. The van der Waals surface area contributed by atoms with Gasteiger partial charge in [-0.05, 0) is 43.5 Å². The number of benzene rings is 1. The fraction of sp³-hybridized carbons (Fsp3) is 0.200. The van der Waals surface area contributed by atoms with Crippen LogP contribution in [0.2, 0.25) is 5.02 Å². The van der Waals surface area contributed by atoms with E-state index in [1.54, 1.807) is 18.0 Å². The number of thioether (sulfide) groups is 1. The van der Waals surface area contributed by atoms with Gasteiger partial charge in [-0.1, -0.05) is 17.7 Å². The number of nitrogens with zero attached hydrogens (tertiary/aromatic N) is 2. The van der Waals surface area contributed by atoms with E-state index in [0.29, 0.717) is 11.6 Å². The Morgan fingerprint density at radius 2 is 2.20 bits per heavy atom. The second-order valence-corrected chi connectivity index (χ2v) is 5.14. The number of aromatic nitrogens is 1. The zero-order valence-corrected chi connectivity index (χ0v) is 12.9. The van der Waals surface area contributed by atoms with Crippen LogP contribution < -0.4 is 4.74 Å². The molecule has 0 radical (unpaired) electrons. The summed E-state index contributed by atoms with van der Waals surface area (Å²) in [5.74, 6) is 0.763. The summed E-state index contributed by atoms with van der Waals surface area (Å²) >= 11 is 7.51. The lowest BCUT2D eigenvalue weighted by Gasteiger charge is -2.05. The highest BCUT2D eigenvalue weighted by Gasteiger charge is 2.05. The van der Waals surface area contributed by atoms with Crippen molar-refractivity contribution in [2.45, 2.75) is 6.92 Å². The van der Waals surface area contributed by atoms with E-state index in [0.717, 1.165) is 22.2 Å². The molecule has 0 aliphatic rings. The van der Waals surface area contributed by atoms with Gasteiger partial charge in [-0.3, -0.25) is 4.98 Å². The number of ether oxygens (including phenoxy) is 1. The van der Waals surface area contributed by atoms with E-state index in [1.807, 2.05) is 49.6 Å². The first kappa shape index (κ1) is 14.9. The van der Waals surface area contributed by atoms with Crippen LogP contribution in [0.1, 0.15) is 12.6 Å². The number of hydrogen-bond donors (Lipinski definition) is 0. The van der Waals surface area contributed by atoms with Crippen molar-refractivity contribution in [1.82, 2.24) is 4.98 Å². The zero-order chi connectivity index (χ0) is 14.4. The smallest absolute Gasteiger partial charge is 0.137 e. The summed E-state index contributed by atoms with van der Waals surface area (Å²) in [6.45, 7) is 2.58. The molecule has 3 nitrogen and oxygen atoms in total. The molecule has 104 valence electrons. The first-order valence-corrected chi connectivity index (χ1v) is 7.80. The van der Waals surface area contributed by atoms with E-state index in [9.17, 15) is 0 Å². The van der Waals surface area contributed by atoms with Crippen LogP contribution in [0.4, 0.5) is 5.69 Å². The van der Waals surface area contributed by atoms with Crippen LogP contribution in [-0.4, -0.2) is 22.9 Å². The van der Waals surface area contributed by atoms with Crippen molar-refractivity contribution < 1.29 is 4.74 Å². The van der Waals surface area contributed by atoms with Gasteiger partial charge in [-0.25, -0.2) is 4.99 Å². The number of pyridine rings is 1. The van der Waals surface area contributed by atoms with Crippen LogP contribution in [0.25, 0.3) is 0 Å². The molecule has 20 heavy (non-hydrogen) atoms. The molecule has 0 saturated carbocycles. The molecule has 2 aromatic rings. The average Bonchev–Trinajstić information content (AvgIpc) is 2.46. The molecular weight excluding hydrogens is 292 g/mol. The Morgan fingerprint density at radius 1 is 1.35 bits per heavy atom. The molecule has 0 spiro atoms. The Balaban J connectivity index is 2.27. The van der Waals surface area contributed by atoms with Crippen molar-refractivity contribution >= 4 is 34.1 Å². The summed E-state index contributed by atoms with van der Waals surface area (Å²) < 4.78 is 5.38. The van der Waals surface area contributed by atoms with Crippen molar-refractivity contribution in [3.8, 4) is 5.75 Å². The van der Waals surface area contributed by atoms with Gasteiger partial charge >= 0.3 is 0 Å². The van der Waals surface area contributed by atoms with Gasteiger partial charge in [0.2, 0.25) is 0 Å². The molecule has 0 amide bonds. The molecule has 0 atom stereocenters. The van der Waals surface area contributed by atoms with E-state index in [2.05, 4.69) is 9.98 Å². The van der Waals surface area contributed by atoms with Gasteiger partial charge < -0.3 is 4.74 Å². The van der Waals surface area contributed by atoms with Crippen molar-refractivity contribution in [3.05, 3.63) is 53.3 Å². The Kier molecular flexibility index (Phi) is 5.44. The molecular formula is C15H15ClN2OS. The fourth-order valence-electron chi connectivity index (χ4n) is 1.63. The van der Waals surface area contributed by atoms with Gasteiger partial charge in [0.15, 0.2) is 0 Å². The molecule has 0 aliphatic heterocycles. The first-order valence-electron chi connectivity index (χ1n) is 6.20. The van der Waals surface area contributed by atoms with E-state index in [4.69, 9.17) is 16.3 Å². The molecule has 1 heterocycles. The highest BCUT2D eigenvalue weighted by molar-refractivity contribution is 8.13. The summed E-state index contributed by atoms with van der Waals surface area (Å²) in [6.07, 6.45) is 3.68. The fourth-order valence-corrected chi connectivity index (χ4v) is 2.34. The van der Waals surface area contributed by atoms with Gasteiger partial charge in [-0.15, -0.1) is 11.8 Å². The van der Waals surface area contributed by atoms with Crippen LogP contribution in [0, 0.1) is 0 Å². The van der Waals surface area contributed by atoms with Gasteiger partial charge in [0.05, 0.1) is 24.2 Å². The van der Waals surface area contributed by atoms with Crippen LogP contribution >= 0.6 is 23.4 Å². The number of rotatable bonds is 4. The van der Waals surface area contributed by atoms with E-state index in [-0.39, 0.29) is 0 Å². The standard InChI is InChI=1S/C15H15ClN2OS/c1-3-19-13-7-8-14(17-10-13)15(20-2)18-12-6-4-5-11(16)9-12/h4-10H,3H2,1-2H3/b18-15-. The van der Waals surface area contributed by atoms with Crippen molar-refractivity contribution in [1.29, 1.82) is 0 Å². The highest BCUT2D eigenvalue weighted by Crippen LogP contribution is 2.22.